The third-order valence-electron chi connectivity index (χ3n) is 4.42. The van der Waals surface area contributed by atoms with E-state index in [9.17, 15) is 9.90 Å². The highest BCUT2D eigenvalue weighted by Gasteiger charge is 2.16. The van der Waals surface area contributed by atoms with E-state index in [1.807, 2.05) is 19.1 Å². The SMILES string of the molecule is CCCCc1nc2ccc(Br)cc2c(=O)n1N=Cc1cc(OCC)c(O)c(Cl)c1Br. The zero-order valence-corrected chi connectivity index (χ0v) is 20.4. The van der Waals surface area contributed by atoms with E-state index < -0.39 is 0 Å². The molecule has 3 rings (SSSR count). The minimum Gasteiger partial charge on any atom is -0.503 e. The maximum absolute atomic E-state index is 13.1. The van der Waals surface area contributed by atoms with E-state index in [0.29, 0.717) is 39.8 Å². The molecule has 0 radical (unpaired) electrons. The van der Waals surface area contributed by atoms with Crippen molar-refractivity contribution in [2.45, 2.75) is 33.1 Å². The molecule has 0 saturated carbocycles. The van der Waals surface area contributed by atoms with Gasteiger partial charge >= 0.3 is 0 Å². The molecule has 1 aromatic heterocycles. The summed E-state index contributed by atoms with van der Waals surface area (Å²) >= 11 is 13.0. The van der Waals surface area contributed by atoms with Crippen LogP contribution in [-0.4, -0.2) is 27.6 Å². The van der Waals surface area contributed by atoms with E-state index in [4.69, 9.17) is 16.3 Å². The minimum absolute atomic E-state index is 0.113. The van der Waals surface area contributed by atoms with Gasteiger partial charge in [-0.15, -0.1) is 0 Å². The van der Waals surface area contributed by atoms with Crippen LogP contribution < -0.4 is 10.3 Å². The van der Waals surface area contributed by atoms with Crippen LogP contribution in [0.15, 0.2) is 43.1 Å². The quantitative estimate of drug-likeness (QED) is 0.367. The second kappa shape index (κ2) is 9.94. The molecule has 0 atom stereocenters. The maximum Gasteiger partial charge on any atom is 0.282 e. The number of hydrogen-bond acceptors (Lipinski definition) is 5. The molecule has 0 spiro atoms. The van der Waals surface area contributed by atoms with Crippen LogP contribution >= 0.6 is 43.5 Å². The molecule has 0 bridgehead atoms. The van der Waals surface area contributed by atoms with Crippen molar-refractivity contribution in [2.75, 3.05) is 6.61 Å². The zero-order chi connectivity index (χ0) is 21.8. The number of hydrogen-bond donors (Lipinski definition) is 1. The Labute approximate surface area is 195 Å². The van der Waals surface area contributed by atoms with Gasteiger partial charge in [0.1, 0.15) is 10.8 Å². The number of unbranched alkanes of at least 4 members (excludes halogenated alkanes) is 1. The maximum atomic E-state index is 13.1. The van der Waals surface area contributed by atoms with Gasteiger partial charge in [-0.2, -0.15) is 9.78 Å². The number of phenols is 1. The Morgan fingerprint density at radius 3 is 2.77 bits per heavy atom. The van der Waals surface area contributed by atoms with Crippen LogP contribution in [0.2, 0.25) is 5.02 Å². The van der Waals surface area contributed by atoms with Gasteiger partial charge in [0.25, 0.3) is 5.56 Å². The molecular weight excluding hydrogens is 538 g/mol. The van der Waals surface area contributed by atoms with Crippen LogP contribution in [0.1, 0.15) is 38.1 Å². The normalized spacial score (nSPS) is 11.5. The molecule has 6 nitrogen and oxygen atoms in total. The van der Waals surface area contributed by atoms with Gasteiger partial charge in [0.2, 0.25) is 0 Å². The molecule has 2 aromatic carbocycles. The molecule has 158 valence electrons. The Hall–Kier alpha value is -1.90. The minimum atomic E-state index is -0.255. The molecule has 0 fully saturated rings. The van der Waals surface area contributed by atoms with Gasteiger partial charge in [-0.3, -0.25) is 4.79 Å². The first-order valence-corrected chi connectivity index (χ1v) is 11.4. The molecule has 0 aliphatic heterocycles. The van der Waals surface area contributed by atoms with E-state index in [1.165, 1.54) is 10.9 Å². The van der Waals surface area contributed by atoms with E-state index in [1.54, 1.807) is 12.1 Å². The van der Waals surface area contributed by atoms with Crippen LogP contribution in [0.4, 0.5) is 0 Å². The summed E-state index contributed by atoms with van der Waals surface area (Å²) in [6.45, 7) is 4.25. The summed E-state index contributed by atoms with van der Waals surface area (Å²) in [6, 6.07) is 7.02. The molecule has 30 heavy (non-hydrogen) atoms. The van der Waals surface area contributed by atoms with Crippen LogP contribution in [0, 0.1) is 0 Å². The van der Waals surface area contributed by atoms with Crippen molar-refractivity contribution in [3.8, 4) is 11.5 Å². The van der Waals surface area contributed by atoms with E-state index >= 15 is 0 Å². The second-order valence-electron chi connectivity index (χ2n) is 6.53. The number of fused-ring (bicyclic) bond motifs is 1. The predicted octanol–water partition coefficient (Wildman–Crippen LogP) is 5.90. The summed E-state index contributed by atoms with van der Waals surface area (Å²) in [6.07, 6.45) is 3.97. The molecule has 1 heterocycles. The number of aromatic nitrogens is 2. The molecular formula is C21H20Br2ClN3O3. The number of aromatic hydroxyl groups is 1. The highest BCUT2D eigenvalue weighted by Crippen LogP contribution is 2.41. The second-order valence-corrected chi connectivity index (χ2v) is 8.61. The third kappa shape index (κ3) is 4.71. The van der Waals surface area contributed by atoms with Gasteiger partial charge in [0, 0.05) is 20.9 Å². The van der Waals surface area contributed by atoms with Gasteiger partial charge in [0.05, 0.1) is 23.7 Å². The van der Waals surface area contributed by atoms with Crippen molar-refractivity contribution in [1.29, 1.82) is 0 Å². The number of aryl methyl sites for hydroxylation is 1. The number of benzene rings is 2. The molecule has 3 aromatic rings. The lowest BCUT2D eigenvalue weighted by molar-refractivity contribution is 0.318. The van der Waals surface area contributed by atoms with Crippen molar-refractivity contribution in [3.05, 3.63) is 60.0 Å². The Balaban J connectivity index is 2.15. The molecule has 1 N–H and O–H groups in total. The van der Waals surface area contributed by atoms with Crippen molar-refractivity contribution in [3.63, 3.8) is 0 Å². The fraction of sp³-hybridized carbons (Fsp3) is 0.286. The average molecular weight is 558 g/mol. The Kier molecular flexibility index (Phi) is 7.55. The summed E-state index contributed by atoms with van der Waals surface area (Å²) in [7, 11) is 0. The first-order valence-electron chi connectivity index (χ1n) is 9.46. The van der Waals surface area contributed by atoms with Gasteiger partial charge in [-0.05, 0) is 53.5 Å². The topological polar surface area (TPSA) is 76.7 Å². The van der Waals surface area contributed by atoms with E-state index in [2.05, 4.69) is 48.9 Å². The van der Waals surface area contributed by atoms with Gasteiger partial charge in [-0.25, -0.2) is 4.98 Å². The summed E-state index contributed by atoms with van der Waals surface area (Å²) in [5.41, 5.74) is 0.937. The van der Waals surface area contributed by atoms with Crippen molar-refractivity contribution < 1.29 is 9.84 Å². The Bertz CT molecular complexity index is 1180. The molecule has 0 amide bonds. The summed E-state index contributed by atoms with van der Waals surface area (Å²) in [5, 5.41) is 15.1. The van der Waals surface area contributed by atoms with Crippen molar-refractivity contribution in [1.82, 2.24) is 9.66 Å². The lowest BCUT2D eigenvalue weighted by Crippen LogP contribution is -2.22. The fourth-order valence-corrected chi connectivity index (χ4v) is 3.87. The predicted molar refractivity (Wildman–Crippen MR) is 127 cm³/mol. The Morgan fingerprint density at radius 1 is 1.30 bits per heavy atom. The largest absolute Gasteiger partial charge is 0.503 e. The molecule has 0 unspecified atom stereocenters. The van der Waals surface area contributed by atoms with Crippen LogP contribution in [0.5, 0.6) is 11.5 Å². The first kappa shape index (κ1) is 22.8. The number of halogens is 3. The third-order valence-corrected chi connectivity index (χ3v) is 6.36. The van der Waals surface area contributed by atoms with Gasteiger partial charge in [0.15, 0.2) is 11.5 Å². The average Bonchev–Trinajstić information content (AvgIpc) is 2.73. The van der Waals surface area contributed by atoms with Crippen molar-refractivity contribution >= 4 is 60.6 Å². The van der Waals surface area contributed by atoms with Crippen LogP contribution in [0.3, 0.4) is 0 Å². The van der Waals surface area contributed by atoms with Gasteiger partial charge < -0.3 is 9.84 Å². The number of ether oxygens (including phenoxy) is 1. The van der Waals surface area contributed by atoms with E-state index in [-0.39, 0.29) is 22.1 Å². The lowest BCUT2D eigenvalue weighted by atomic mass is 10.2. The molecule has 9 heteroatoms. The highest BCUT2D eigenvalue weighted by atomic mass is 79.9. The van der Waals surface area contributed by atoms with Crippen LogP contribution in [0.25, 0.3) is 10.9 Å². The zero-order valence-electron chi connectivity index (χ0n) is 16.5. The summed E-state index contributed by atoms with van der Waals surface area (Å²) < 4.78 is 8.00. The first-order chi connectivity index (χ1) is 14.4. The highest BCUT2D eigenvalue weighted by molar-refractivity contribution is 9.10. The lowest BCUT2D eigenvalue weighted by Gasteiger charge is -2.12. The Morgan fingerprint density at radius 2 is 2.07 bits per heavy atom. The summed E-state index contributed by atoms with van der Waals surface area (Å²) in [5.74, 6) is 0.672. The summed E-state index contributed by atoms with van der Waals surface area (Å²) in [4.78, 5) is 17.8. The standard InChI is InChI=1S/C21H20Br2ClN3O3/c1-3-5-6-17-26-15-8-7-13(22)10-14(15)21(29)27(17)25-11-12-9-16(30-4-2)20(28)19(24)18(12)23/h7-11,28H,3-6H2,1-2H3. The number of nitrogens with zero attached hydrogens (tertiary/aromatic N) is 3. The molecule has 0 aliphatic carbocycles. The smallest absolute Gasteiger partial charge is 0.282 e. The monoisotopic (exact) mass is 555 g/mol. The fourth-order valence-electron chi connectivity index (χ4n) is 2.90. The van der Waals surface area contributed by atoms with Crippen LogP contribution in [-0.2, 0) is 6.42 Å². The number of rotatable bonds is 7. The number of phenolic OH excluding ortho intramolecular Hbond substituents is 1. The van der Waals surface area contributed by atoms with Gasteiger partial charge in [-0.1, -0.05) is 40.9 Å². The molecule has 0 aliphatic rings. The molecule has 0 saturated heterocycles. The van der Waals surface area contributed by atoms with E-state index in [0.717, 1.165) is 17.3 Å². The van der Waals surface area contributed by atoms with Crippen molar-refractivity contribution in [2.24, 2.45) is 5.10 Å².